The van der Waals surface area contributed by atoms with Crippen LogP contribution in [0.5, 0.6) is 0 Å². The van der Waals surface area contributed by atoms with Gasteiger partial charge in [-0.1, -0.05) is 65.7 Å². The number of rotatable bonds is 12. The Bertz CT molecular complexity index is 376. The molecule has 0 aromatic carbocycles. The number of ether oxygens (including phenoxy) is 1. The van der Waals surface area contributed by atoms with Crippen molar-refractivity contribution in [3.8, 4) is 0 Å². The lowest BCUT2D eigenvalue weighted by Crippen LogP contribution is -2.51. The molecule has 0 heterocycles. The molecule has 2 N–H and O–H groups in total. The van der Waals surface area contributed by atoms with Crippen LogP contribution in [0.2, 0.25) is 0 Å². The summed E-state index contributed by atoms with van der Waals surface area (Å²) < 4.78 is 5.24. The number of carbonyl (C=O) groups is 2. The van der Waals surface area contributed by atoms with Gasteiger partial charge in [-0.05, 0) is 33.1 Å². The van der Waals surface area contributed by atoms with Gasteiger partial charge in [0.15, 0.2) is 0 Å². The van der Waals surface area contributed by atoms with E-state index in [4.69, 9.17) is 4.74 Å². The average molecular weight is 357 g/mol. The lowest BCUT2D eigenvalue weighted by Gasteiger charge is -2.25. The third-order valence-electron chi connectivity index (χ3n) is 3.95. The highest BCUT2D eigenvalue weighted by molar-refractivity contribution is 5.85. The van der Waals surface area contributed by atoms with Gasteiger partial charge in [-0.15, -0.1) is 0 Å². The molecular weight excluding hydrogens is 316 g/mol. The number of hydrogen-bond donors (Lipinski definition) is 2. The van der Waals surface area contributed by atoms with Crippen LogP contribution in [0.4, 0.5) is 4.79 Å². The van der Waals surface area contributed by atoms with Crippen molar-refractivity contribution >= 4 is 12.0 Å². The average Bonchev–Trinajstić information content (AvgIpc) is 2.48. The largest absolute Gasteiger partial charge is 0.444 e. The Morgan fingerprint density at radius 2 is 1.44 bits per heavy atom. The van der Waals surface area contributed by atoms with Gasteiger partial charge < -0.3 is 15.4 Å². The minimum atomic E-state index is -0.570. The van der Waals surface area contributed by atoms with Crippen LogP contribution >= 0.6 is 0 Å². The summed E-state index contributed by atoms with van der Waals surface area (Å²) in [6.07, 6.45) is 9.34. The first kappa shape index (κ1) is 23.7. The quantitative estimate of drug-likeness (QED) is 0.494. The van der Waals surface area contributed by atoms with E-state index in [-0.39, 0.29) is 11.8 Å². The molecule has 0 aliphatic heterocycles. The molecule has 0 saturated heterocycles. The van der Waals surface area contributed by atoms with Gasteiger partial charge in [0.2, 0.25) is 5.91 Å². The second-order valence-corrected chi connectivity index (χ2v) is 8.13. The van der Waals surface area contributed by atoms with E-state index < -0.39 is 17.7 Å². The second-order valence-electron chi connectivity index (χ2n) is 8.13. The van der Waals surface area contributed by atoms with Crippen LogP contribution in [-0.2, 0) is 9.53 Å². The summed E-state index contributed by atoms with van der Waals surface area (Å²) in [5.74, 6) is -0.130. The molecule has 0 saturated carbocycles. The summed E-state index contributed by atoms with van der Waals surface area (Å²) in [7, 11) is 0. The molecule has 0 aliphatic rings. The summed E-state index contributed by atoms with van der Waals surface area (Å²) in [6, 6.07) is -0.566. The topological polar surface area (TPSA) is 67.4 Å². The van der Waals surface area contributed by atoms with E-state index in [9.17, 15) is 9.59 Å². The smallest absolute Gasteiger partial charge is 0.408 e. The van der Waals surface area contributed by atoms with E-state index in [2.05, 4.69) is 17.6 Å². The molecule has 5 heteroatoms. The zero-order valence-electron chi connectivity index (χ0n) is 17.2. The number of carbonyl (C=O) groups excluding carboxylic acids is 2. The molecule has 1 atom stereocenters. The van der Waals surface area contributed by atoms with Gasteiger partial charge in [0.05, 0.1) is 0 Å². The maximum absolute atomic E-state index is 12.3. The Labute approximate surface area is 154 Å². The molecule has 0 aliphatic carbocycles. The Hall–Kier alpha value is -1.26. The first-order valence-corrected chi connectivity index (χ1v) is 9.94. The van der Waals surface area contributed by atoms with Crippen LogP contribution in [0.3, 0.4) is 0 Å². The predicted molar refractivity (Wildman–Crippen MR) is 104 cm³/mol. The highest BCUT2D eigenvalue weighted by Crippen LogP contribution is 2.10. The van der Waals surface area contributed by atoms with Crippen molar-refractivity contribution in [2.75, 3.05) is 6.54 Å². The number of unbranched alkanes of at least 4 members (excludes halogenated alkanes) is 7. The molecule has 25 heavy (non-hydrogen) atoms. The summed E-state index contributed by atoms with van der Waals surface area (Å²) in [4.78, 5) is 24.2. The minimum absolute atomic E-state index is 0.00563. The van der Waals surface area contributed by atoms with Crippen molar-refractivity contribution in [1.29, 1.82) is 0 Å². The van der Waals surface area contributed by atoms with Crippen LogP contribution in [0.25, 0.3) is 0 Å². The summed E-state index contributed by atoms with van der Waals surface area (Å²) in [6.45, 7) is 12.1. The summed E-state index contributed by atoms with van der Waals surface area (Å²) in [5, 5.41) is 5.61. The standard InChI is InChI=1S/C20H40N2O3/c1-7-8-9-10-11-12-13-14-15-21-18(23)17(16(2)3)22-19(24)25-20(4,5)6/h16-17H,7-15H2,1-6H3,(H,21,23)(H,22,24). The molecule has 5 nitrogen and oxygen atoms in total. The molecule has 0 bridgehead atoms. The normalized spacial score (nSPS) is 12.8. The third kappa shape index (κ3) is 13.7. The molecule has 1 unspecified atom stereocenters. The molecule has 0 fully saturated rings. The summed E-state index contributed by atoms with van der Waals surface area (Å²) >= 11 is 0. The van der Waals surface area contributed by atoms with Gasteiger partial charge in [-0.2, -0.15) is 0 Å². The van der Waals surface area contributed by atoms with Gasteiger partial charge in [0, 0.05) is 6.54 Å². The van der Waals surface area contributed by atoms with E-state index in [0.29, 0.717) is 6.54 Å². The highest BCUT2D eigenvalue weighted by atomic mass is 16.6. The lowest BCUT2D eigenvalue weighted by atomic mass is 10.0. The fourth-order valence-corrected chi connectivity index (χ4v) is 2.55. The number of alkyl carbamates (subject to hydrolysis) is 1. The van der Waals surface area contributed by atoms with Gasteiger partial charge in [0.25, 0.3) is 0 Å². The van der Waals surface area contributed by atoms with Crippen molar-refractivity contribution in [2.24, 2.45) is 5.92 Å². The highest BCUT2D eigenvalue weighted by Gasteiger charge is 2.26. The fraction of sp³-hybridized carbons (Fsp3) is 0.900. The van der Waals surface area contributed by atoms with Gasteiger partial charge in [-0.25, -0.2) is 4.79 Å². The van der Waals surface area contributed by atoms with Crippen LogP contribution in [-0.4, -0.2) is 30.2 Å². The number of nitrogens with one attached hydrogen (secondary N) is 2. The SMILES string of the molecule is CCCCCCCCCCNC(=O)C(NC(=O)OC(C)(C)C)C(C)C. The van der Waals surface area contributed by atoms with Crippen LogP contribution in [0, 0.1) is 5.92 Å². The molecule has 2 amide bonds. The zero-order chi connectivity index (χ0) is 19.3. The van der Waals surface area contributed by atoms with Gasteiger partial charge in [-0.3, -0.25) is 4.79 Å². The molecular formula is C20H40N2O3. The lowest BCUT2D eigenvalue weighted by molar-refractivity contribution is -0.124. The van der Waals surface area contributed by atoms with Gasteiger partial charge >= 0.3 is 6.09 Å². The molecule has 0 aromatic heterocycles. The predicted octanol–water partition coefficient (Wildman–Crippen LogP) is 4.79. The van der Waals surface area contributed by atoms with E-state index in [1.807, 2.05) is 13.8 Å². The van der Waals surface area contributed by atoms with E-state index in [0.717, 1.165) is 12.8 Å². The van der Waals surface area contributed by atoms with E-state index in [1.54, 1.807) is 20.8 Å². The van der Waals surface area contributed by atoms with Crippen molar-refractivity contribution in [3.05, 3.63) is 0 Å². The Kier molecular flexibility index (Phi) is 12.4. The molecule has 0 aromatic rings. The number of amides is 2. The van der Waals surface area contributed by atoms with Crippen LogP contribution in [0.15, 0.2) is 0 Å². The number of hydrogen-bond acceptors (Lipinski definition) is 3. The fourth-order valence-electron chi connectivity index (χ4n) is 2.55. The van der Waals surface area contributed by atoms with Crippen molar-refractivity contribution in [2.45, 2.75) is 105 Å². The van der Waals surface area contributed by atoms with Gasteiger partial charge in [0.1, 0.15) is 11.6 Å². The first-order chi connectivity index (χ1) is 11.7. The van der Waals surface area contributed by atoms with Crippen molar-refractivity contribution in [1.82, 2.24) is 10.6 Å². The third-order valence-corrected chi connectivity index (χ3v) is 3.95. The maximum atomic E-state index is 12.3. The molecule has 0 rings (SSSR count). The van der Waals surface area contributed by atoms with E-state index in [1.165, 1.54) is 38.5 Å². The zero-order valence-corrected chi connectivity index (χ0v) is 17.2. The Morgan fingerprint density at radius 1 is 0.920 bits per heavy atom. The first-order valence-electron chi connectivity index (χ1n) is 9.94. The maximum Gasteiger partial charge on any atom is 0.408 e. The molecule has 148 valence electrons. The monoisotopic (exact) mass is 356 g/mol. The van der Waals surface area contributed by atoms with Crippen LogP contribution < -0.4 is 10.6 Å². The second kappa shape index (κ2) is 13.0. The van der Waals surface area contributed by atoms with E-state index >= 15 is 0 Å². The molecule has 0 spiro atoms. The summed E-state index contributed by atoms with van der Waals surface area (Å²) in [5.41, 5.74) is -0.570. The van der Waals surface area contributed by atoms with Crippen LogP contribution in [0.1, 0.15) is 92.9 Å². The molecule has 0 radical (unpaired) electrons. The Balaban J connectivity index is 4.00. The Morgan fingerprint density at radius 3 is 1.92 bits per heavy atom. The van der Waals surface area contributed by atoms with Crippen molar-refractivity contribution in [3.63, 3.8) is 0 Å². The minimum Gasteiger partial charge on any atom is -0.444 e. The van der Waals surface area contributed by atoms with Crippen molar-refractivity contribution < 1.29 is 14.3 Å².